The van der Waals surface area contributed by atoms with Gasteiger partial charge in [-0.15, -0.1) is 0 Å². The van der Waals surface area contributed by atoms with Crippen molar-refractivity contribution in [3.63, 3.8) is 0 Å². The highest BCUT2D eigenvalue weighted by molar-refractivity contribution is 6.69. The zero-order chi connectivity index (χ0) is 19.5. The number of rotatable bonds is 7. The third kappa shape index (κ3) is 4.81. The van der Waals surface area contributed by atoms with E-state index in [1.165, 1.54) is 6.42 Å². The van der Waals surface area contributed by atoms with Crippen molar-refractivity contribution < 1.29 is 18.4 Å². The van der Waals surface area contributed by atoms with Crippen molar-refractivity contribution >= 4 is 20.0 Å². The number of ketones is 1. The average Bonchev–Trinajstić information content (AvgIpc) is 3.08. The predicted molar refractivity (Wildman–Crippen MR) is 108 cm³/mol. The van der Waals surface area contributed by atoms with Gasteiger partial charge in [-0.3, -0.25) is 4.79 Å². The quantitative estimate of drug-likeness (QED) is 0.501. The van der Waals surface area contributed by atoms with E-state index < -0.39 is 13.9 Å². The summed E-state index contributed by atoms with van der Waals surface area (Å²) in [4.78, 5) is 19.7. The van der Waals surface area contributed by atoms with Crippen LogP contribution in [0.4, 0.5) is 5.88 Å². The Morgan fingerprint density at radius 3 is 2.44 bits per heavy atom. The van der Waals surface area contributed by atoms with Crippen molar-refractivity contribution in [2.24, 2.45) is 0 Å². The number of carbonyl (C=O) groups is 1. The number of anilines is 1. The molecule has 0 aromatic carbocycles. The molecule has 152 valence electrons. The van der Waals surface area contributed by atoms with E-state index in [0.717, 1.165) is 45.2 Å². The van der Waals surface area contributed by atoms with Gasteiger partial charge in [0.2, 0.25) is 11.8 Å². The van der Waals surface area contributed by atoms with E-state index >= 15 is 0 Å². The van der Waals surface area contributed by atoms with Crippen molar-refractivity contribution in [3.8, 4) is 0 Å². The molecule has 0 spiro atoms. The van der Waals surface area contributed by atoms with Gasteiger partial charge in [-0.2, -0.15) is 0 Å². The molecule has 3 rings (SSSR count). The second-order valence-corrected chi connectivity index (χ2v) is 13.1. The van der Waals surface area contributed by atoms with Crippen LogP contribution in [-0.4, -0.2) is 45.4 Å². The first-order chi connectivity index (χ1) is 12.8. The highest BCUT2D eigenvalue weighted by Gasteiger charge is 2.44. The van der Waals surface area contributed by atoms with Gasteiger partial charge in [-0.05, 0) is 38.9 Å². The maximum atomic E-state index is 12.8. The summed E-state index contributed by atoms with van der Waals surface area (Å²) in [6.07, 6.45) is 6.57. The van der Waals surface area contributed by atoms with Gasteiger partial charge < -0.3 is 18.5 Å². The van der Waals surface area contributed by atoms with Gasteiger partial charge in [0, 0.05) is 19.5 Å². The molecule has 1 saturated carbocycles. The zero-order valence-corrected chi connectivity index (χ0v) is 18.3. The maximum Gasteiger partial charge on any atom is 0.228 e. The second-order valence-electron chi connectivity index (χ2n) is 8.71. The van der Waals surface area contributed by atoms with Crippen molar-refractivity contribution in [2.75, 3.05) is 31.2 Å². The summed E-state index contributed by atoms with van der Waals surface area (Å²) in [6, 6.07) is 0. The molecule has 27 heavy (non-hydrogen) atoms. The smallest absolute Gasteiger partial charge is 0.228 e. The van der Waals surface area contributed by atoms with Crippen LogP contribution >= 0.6 is 0 Å². The fourth-order valence-electron chi connectivity index (χ4n) is 4.08. The summed E-state index contributed by atoms with van der Waals surface area (Å²) in [7, 11) is -1.81. The number of nitrogens with zero attached hydrogens (tertiary/aromatic N) is 2. The number of hydrogen-bond donors (Lipinski definition) is 0. The Labute approximate surface area is 163 Å². The minimum atomic E-state index is -1.81. The van der Waals surface area contributed by atoms with E-state index in [0.29, 0.717) is 37.1 Å². The van der Waals surface area contributed by atoms with E-state index in [-0.39, 0.29) is 5.78 Å². The third-order valence-corrected chi connectivity index (χ3v) is 6.20. The van der Waals surface area contributed by atoms with Crippen molar-refractivity contribution in [3.05, 3.63) is 11.6 Å². The summed E-state index contributed by atoms with van der Waals surface area (Å²) in [5.74, 6) is 1.30. The number of oxazole rings is 1. The monoisotopic (exact) mass is 394 g/mol. The number of aromatic nitrogens is 1. The van der Waals surface area contributed by atoms with Crippen molar-refractivity contribution in [1.82, 2.24) is 4.98 Å². The van der Waals surface area contributed by atoms with E-state index in [4.69, 9.17) is 18.6 Å². The lowest BCUT2D eigenvalue weighted by atomic mass is 9.85. The van der Waals surface area contributed by atoms with Gasteiger partial charge in [0.15, 0.2) is 19.8 Å². The van der Waals surface area contributed by atoms with Crippen LogP contribution in [0, 0.1) is 0 Å². The van der Waals surface area contributed by atoms with E-state index in [2.05, 4.69) is 24.5 Å². The van der Waals surface area contributed by atoms with Gasteiger partial charge in [-0.25, -0.2) is 4.98 Å². The molecule has 2 aliphatic rings. The standard InChI is InChI=1S/C20H34N2O4Si/c1-5-9-16(23)17-18(22-12-14-24-15-13-22)25-19(21-17)20(26-27(2,3)4)10-7-6-8-11-20/h5-15H2,1-4H3. The number of morpholine rings is 1. The Balaban J connectivity index is 2.01. The molecular formula is C20H34N2O4Si. The lowest BCUT2D eigenvalue weighted by Gasteiger charge is -2.39. The molecule has 0 N–H and O–H groups in total. The minimum Gasteiger partial charge on any atom is -0.421 e. The molecule has 0 bridgehead atoms. The number of hydrogen-bond acceptors (Lipinski definition) is 6. The summed E-state index contributed by atoms with van der Waals surface area (Å²) in [5, 5.41) is 0. The fourth-order valence-corrected chi connectivity index (χ4v) is 5.55. The fraction of sp³-hybridized carbons (Fsp3) is 0.800. The first-order valence-corrected chi connectivity index (χ1v) is 13.8. The van der Waals surface area contributed by atoms with E-state index in [1.54, 1.807) is 0 Å². The van der Waals surface area contributed by atoms with Crippen LogP contribution in [0.1, 0.15) is 68.2 Å². The van der Waals surface area contributed by atoms with Crippen LogP contribution in [0.5, 0.6) is 0 Å². The van der Waals surface area contributed by atoms with Crippen molar-refractivity contribution in [1.29, 1.82) is 0 Å². The first-order valence-electron chi connectivity index (χ1n) is 10.4. The molecule has 1 saturated heterocycles. The van der Waals surface area contributed by atoms with Crippen LogP contribution in [-0.2, 0) is 14.8 Å². The Bertz CT molecular complexity index is 641. The SMILES string of the molecule is CCCC(=O)c1nc(C2(O[Si](C)(C)C)CCCCC2)oc1N1CCOCC1. The Hall–Kier alpha value is -1.18. The molecule has 2 heterocycles. The summed E-state index contributed by atoms with van der Waals surface area (Å²) in [5.41, 5.74) is 0.00647. The first kappa shape index (κ1) is 20.5. The molecule has 7 heteroatoms. The Kier molecular flexibility index (Phi) is 6.43. The lowest BCUT2D eigenvalue weighted by Crippen LogP contribution is -2.42. The highest BCUT2D eigenvalue weighted by Crippen LogP contribution is 2.44. The maximum absolute atomic E-state index is 12.8. The predicted octanol–water partition coefficient (Wildman–Crippen LogP) is 4.50. The Morgan fingerprint density at radius 1 is 1.19 bits per heavy atom. The average molecular weight is 395 g/mol. The largest absolute Gasteiger partial charge is 0.421 e. The molecular weight excluding hydrogens is 360 g/mol. The van der Waals surface area contributed by atoms with Crippen LogP contribution < -0.4 is 4.90 Å². The van der Waals surface area contributed by atoms with Gasteiger partial charge >= 0.3 is 0 Å². The third-order valence-electron chi connectivity index (χ3n) is 5.20. The van der Waals surface area contributed by atoms with Gasteiger partial charge in [0.05, 0.1) is 13.2 Å². The normalized spacial score (nSPS) is 20.7. The molecule has 0 amide bonds. The van der Waals surface area contributed by atoms with Gasteiger partial charge in [-0.1, -0.05) is 26.2 Å². The number of ether oxygens (including phenoxy) is 1. The van der Waals surface area contributed by atoms with Crippen LogP contribution in [0.15, 0.2) is 4.42 Å². The highest BCUT2D eigenvalue weighted by atomic mass is 28.4. The molecule has 0 radical (unpaired) electrons. The van der Waals surface area contributed by atoms with E-state index in [1.807, 2.05) is 6.92 Å². The molecule has 1 aliphatic heterocycles. The van der Waals surface area contributed by atoms with Gasteiger partial charge in [0.25, 0.3) is 0 Å². The molecule has 1 aromatic rings. The zero-order valence-electron chi connectivity index (χ0n) is 17.3. The van der Waals surface area contributed by atoms with Gasteiger partial charge in [0.1, 0.15) is 5.60 Å². The Morgan fingerprint density at radius 2 is 1.85 bits per heavy atom. The van der Waals surface area contributed by atoms with Crippen LogP contribution in [0.25, 0.3) is 0 Å². The summed E-state index contributed by atoms with van der Waals surface area (Å²) >= 11 is 0. The van der Waals surface area contributed by atoms with Crippen LogP contribution in [0.3, 0.4) is 0 Å². The molecule has 0 atom stereocenters. The number of Topliss-reactive ketones (excluding diaryl/α,β-unsaturated/α-hetero) is 1. The summed E-state index contributed by atoms with van der Waals surface area (Å²) < 4.78 is 18.5. The second kappa shape index (κ2) is 8.45. The summed E-state index contributed by atoms with van der Waals surface area (Å²) in [6.45, 7) is 11.4. The minimum absolute atomic E-state index is 0.0629. The van der Waals surface area contributed by atoms with E-state index in [9.17, 15) is 4.79 Å². The molecule has 1 aromatic heterocycles. The van der Waals surface area contributed by atoms with Crippen molar-refractivity contribution in [2.45, 2.75) is 77.1 Å². The van der Waals surface area contributed by atoms with Crippen LogP contribution in [0.2, 0.25) is 19.6 Å². The topological polar surface area (TPSA) is 64.8 Å². The number of carbonyl (C=O) groups excluding carboxylic acids is 1. The lowest BCUT2D eigenvalue weighted by molar-refractivity contribution is -0.00619. The molecule has 6 nitrogen and oxygen atoms in total. The molecule has 2 fully saturated rings. The molecule has 0 unspecified atom stereocenters. The molecule has 1 aliphatic carbocycles.